The minimum absolute atomic E-state index is 0.114. The molecule has 0 N–H and O–H groups in total. The first-order valence-electron chi connectivity index (χ1n) is 5.79. The van der Waals surface area contributed by atoms with Crippen molar-refractivity contribution < 1.29 is 14.3 Å². The van der Waals surface area contributed by atoms with E-state index in [1.165, 1.54) is 0 Å². The lowest BCUT2D eigenvalue weighted by molar-refractivity contribution is -0.116. The number of fused-ring (bicyclic) bond motifs is 1. The molecule has 0 saturated heterocycles. The minimum atomic E-state index is 0.114. The number of methoxy groups -OCH3 is 2. The van der Waals surface area contributed by atoms with Gasteiger partial charge in [-0.05, 0) is 12.3 Å². The molecule has 2 aromatic rings. The van der Waals surface area contributed by atoms with E-state index in [1.54, 1.807) is 21.1 Å². The molecule has 3 heteroatoms. The molecule has 0 heterocycles. The average molecular weight is 244 g/mol. The molecule has 0 spiro atoms. The van der Waals surface area contributed by atoms with Gasteiger partial charge in [-0.1, -0.05) is 24.3 Å². The van der Waals surface area contributed by atoms with Gasteiger partial charge in [-0.15, -0.1) is 0 Å². The summed E-state index contributed by atoms with van der Waals surface area (Å²) in [5, 5.41) is 2.00. The minimum Gasteiger partial charge on any atom is -0.496 e. The van der Waals surface area contributed by atoms with E-state index in [9.17, 15) is 4.79 Å². The molecule has 0 saturated carbocycles. The van der Waals surface area contributed by atoms with Gasteiger partial charge in [0.1, 0.15) is 17.3 Å². The molecule has 94 valence electrons. The zero-order chi connectivity index (χ0) is 13.1. The first kappa shape index (κ1) is 12.4. The lowest BCUT2D eigenvalue weighted by atomic mass is 9.99. The lowest BCUT2D eigenvalue weighted by Crippen LogP contribution is -2.01. The number of carbonyl (C=O) groups is 1. The van der Waals surface area contributed by atoms with Crippen LogP contribution < -0.4 is 9.47 Å². The Morgan fingerprint density at radius 2 is 1.67 bits per heavy atom. The van der Waals surface area contributed by atoms with Gasteiger partial charge >= 0.3 is 0 Å². The summed E-state index contributed by atoms with van der Waals surface area (Å²) in [4.78, 5) is 11.4. The van der Waals surface area contributed by atoms with Crippen LogP contribution in [0.5, 0.6) is 11.5 Å². The van der Waals surface area contributed by atoms with Crippen molar-refractivity contribution in [2.45, 2.75) is 13.3 Å². The van der Waals surface area contributed by atoms with Gasteiger partial charge in [-0.3, -0.25) is 4.79 Å². The van der Waals surface area contributed by atoms with Gasteiger partial charge < -0.3 is 9.47 Å². The van der Waals surface area contributed by atoms with E-state index >= 15 is 0 Å². The summed E-state index contributed by atoms with van der Waals surface area (Å²) in [6, 6.07) is 9.70. The highest BCUT2D eigenvalue weighted by Gasteiger charge is 2.14. The number of hydrogen-bond donors (Lipinski definition) is 0. The topological polar surface area (TPSA) is 35.5 Å². The van der Waals surface area contributed by atoms with Crippen molar-refractivity contribution in [1.82, 2.24) is 0 Å². The van der Waals surface area contributed by atoms with Crippen molar-refractivity contribution in [1.29, 1.82) is 0 Å². The maximum Gasteiger partial charge on any atom is 0.134 e. The molecule has 0 atom stereocenters. The molecular weight excluding hydrogens is 228 g/mol. The zero-order valence-corrected chi connectivity index (χ0v) is 10.8. The SMILES string of the molecule is COc1cc(OC)c2ccccc2c1CC(C)=O. The van der Waals surface area contributed by atoms with Gasteiger partial charge in [-0.25, -0.2) is 0 Å². The molecule has 2 rings (SSSR count). The Balaban J connectivity index is 2.76. The molecule has 0 radical (unpaired) electrons. The van der Waals surface area contributed by atoms with Crippen LogP contribution in [0.25, 0.3) is 10.8 Å². The fourth-order valence-electron chi connectivity index (χ4n) is 2.16. The number of ether oxygens (including phenoxy) is 2. The van der Waals surface area contributed by atoms with Gasteiger partial charge in [0.15, 0.2) is 0 Å². The van der Waals surface area contributed by atoms with Crippen LogP contribution in [0.4, 0.5) is 0 Å². The Labute approximate surface area is 106 Å². The standard InChI is InChI=1S/C15H16O3/c1-10(16)8-13-11-6-4-5-7-12(11)14(17-2)9-15(13)18-3/h4-7,9H,8H2,1-3H3. The highest BCUT2D eigenvalue weighted by atomic mass is 16.5. The Kier molecular flexibility index (Phi) is 3.51. The Morgan fingerprint density at radius 3 is 2.22 bits per heavy atom. The Hall–Kier alpha value is -2.03. The Morgan fingerprint density at radius 1 is 1.06 bits per heavy atom. The number of benzene rings is 2. The van der Waals surface area contributed by atoms with Gasteiger partial charge in [0.2, 0.25) is 0 Å². The van der Waals surface area contributed by atoms with E-state index in [4.69, 9.17) is 9.47 Å². The van der Waals surface area contributed by atoms with Crippen LogP contribution in [0.15, 0.2) is 30.3 Å². The normalized spacial score (nSPS) is 10.4. The summed E-state index contributed by atoms with van der Waals surface area (Å²) >= 11 is 0. The monoisotopic (exact) mass is 244 g/mol. The maximum atomic E-state index is 11.4. The average Bonchev–Trinajstić information content (AvgIpc) is 2.38. The van der Waals surface area contributed by atoms with Crippen LogP contribution in [-0.2, 0) is 11.2 Å². The third kappa shape index (κ3) is 2.16. The fourth-order valence-corrected chi connectivity index (χ4v) is 2.16. The molecule has 18 heavy (non-hydrogen) atoms. The molecule has 2 aromatic carbocycles. The highest BCUT2D eigenvalue weighted by molar-refractivity contribution is 5.96. The number of hydrogen-bond acceptors (Lipinski definition) is 3. The first-order valence-corrected chi connectivity index (χ1v) is 5.79. The number of Topliss-reactive ketones (excluding diaryl/α,β-unsaturated/α-hetero) is 1. The van der Waals surface area contributed by atoms with Crippen LogP contribution in [0.2, 0.25) is 0 Å². The summed E-state index contributed by atoms with van der Waals surface area (Å²) in [5.74, 6) is 1.57. The largest absolute Gasteiger partial charge is 0.496 e. The highest BCUT2D eigenvalue weighted by Crippen LogP contribution is 2.35. The van der Waals surface area contributed by atoms with Crippen molar-refractivity contribution in [3.8, 4) is 11.5 Å². The molecule has 0 aliphatic heterocycles. The third-order valence-corrected chi connectivity index (χ3v) is 2.94. The van der Waals surface area contributed by atoms with Gasteiger partial charge in [0, 0.05) is 23.4 Å². The van der Waals surface area contributed by atoms with Crippen molar-refractivity contribution in [2.75, 3.05) is 14.2 Å². The van der Waals surface area contributed by atoms with Crippen LogP contribution in [0.3, 0.4) is 0 Å². The van der Waals surface area contributed by atoms with Crippen molar-refractivity contribution in [3.63, 3.8) is 0 Å². The van der Waals surface area contributed by atoms with Crippen LogP contribution in [0, 0.1) is 0 Å². The summed E-state index contributed by atoms with van der Waals surface area (Å²) < 4.78 is 10.7. The second-order valence-corrected chi connectivity index (χ2v) is 4.18. The van der Waals surface area contributed by atoms with Gasteiger partial charge in [-0.2, -0.15) is 0 Å². The molecular formula is C15H16O3. The van der Waals surface area contributed by atoms with Gasteiger partial charge in [0.25, 0.3) is 0 Å². The second-order valence-electron chi connectivity index (χ2n) is 4.18. The van der Waals surface area contributed by atoms with Crippen molar-refractivity contribution in [2.24, 2.45) is 0 Å². The summed E-state index contributed by atoms with van der Waals surface area (Å²) in [5.41, 5.74) is 0.918. The van der Waals surface area contributed by atoms with Crippen molar-refractivity contribution in [3.05, 3.63) is 35.9 Å². The molecule has 0 aliphatic rings. The molecule has 3 nitrogen and oxygen atoms in total. The lowest BCUT2D eigenvalue weighted by Gasteiger charge is -2.14. The molecule has 0 fully saturated rings. The quantitative estimate of drug-likeness (QED) is 0.829. The summed E-state index contributed by atoms with van der Waals surface area (Å²) in [6.45, 7) is 1.58. The molecule has 0 aliphatic carbocycles. The Bertz CT molecular complexity index is 588. The maximum absolute atomic E-state index is 11.4. The zero-order valence-electron chi connectivity index (χ0n) is 10.8. The number of rotatable bonds is 4. The van der Waals surface area contributed by atoms with E-state index in [1.807, 2.05) is 30.3 Å². The third-order valence-electron chi connectivity index (χ3n) is 2.94. The molecule has 0 unspecified atom stereocenters. The second kappa shape index (κ2) is 5.08. The number of ketones is 1. The number of carbonyl (C=O) groups excluding carboxylic acids is 1. The van der Waals surface area contributed by atoms with Crippen LogP contribution in [-0.4, -0.2) is 20.0 Å². The predicted molar refractivity (Wildman–Crippen MR) is 71.4 cm³/mol. The molecule has 0 aromatic heterocycles. The van der Waals surface area contributed by atoms with E-state index in [0.29, 0.717) is 12.2 Å². The van der Waals surface area contributed by atoms with Crippen molar-refractivity contribution >= 4 is 16.6 Å². The smallest absolute Gasteiger partial charge is 0.134 e. The van der Waals surface area contributed by atoms with E-state index in [2.05, 4.69) is 0 Å². The van der Waals surface area contributed by atoms with Gasteiger partial charge in [0.05, 0.1) is 14.2 Å². The summed E-state index contributed by atoms with van der Waals surface area (Å²) in [7, 11) is 3.24. The summed E-state index contributed by atoms with van der Waals surface area (Å²) in [6.07, 6.45) is 0.369. The van der Waals surface area contributed by atoms with Crippen LogP contribution in [0.1, 0.15) is 12.5 Å². The first-order chi connectivity index (χ1) is 8.67. The van der Waals surface area contributed by atoms with E-state index in [-0.39, 0.29) is 5.78 Å². The molecule has 0 amide bonds. The van der Waals surface area contributed by atoms with E-state index < -0.39 is 0 Å². The van der Waals surface area contributed by atoms with Crippen LogP contribution >= 0.6 is 0 Å². The predicted octanol–water partition coefficient (Wildman–Crippen LogP) is 2.99. The molecule has 0 bridgehead atoms. The fraction of sp³-hybridized carbons (Fsp3) is 0.267. The van der Waals surface area contributed by atoms with E-state index in [0.717, 1.165) is 22.1 Å².